The molecule has 1 amide bonds. The third-order valence-corrected chi connectivity index (χ3v) is 7.42. The summed E-state index contributed by atoms with van der Waals surface area (Å²) < 4.78 is 25.0. The van der Waals surface area contributed by atoms with E-state index in [2.05, 4.69) is 10.2 Å². The van der Waals surface area contributed by atoms with Gasteiger partial charge in [0, 0.05) is 30.7 Å². The summed E-state index contributed by atoms with van der Waals surface area (Å²) in [6.07, 6.45) is 0.500. The van der Waals surface area contributed by atoms with Crippen LogP contribution in [0.25, 0.3) is 11.4 Å². The fourth-order valence-corrected chi connectivity index (χ4v) is 5.54. The van der Waals surface area contributed by atoms with Gasteiger partial charge >= 0.3 is 0 Å². The molecule has 7 nitrogen and oxygen atoms in total. The van der Waals surface area contributed by atoms with Crippen LogP contribution in [0.5, 0.6) is 0 Å². The Bertz CT molecular complexity index is 912. The molecule has 10 heteroatoms. The third-order valence-electron chi connectivity index (χ3n) is 4.41. The maximum absolute atomic E-state index is 12.4. The molecule has 0 radical (unpaired) electrons. The van der Waals surface area contributed by atoms with Crippen LogP contribution in [-0.4, -0.2) is 64.3 Å². The molecule has 0 bridgehead atoms. The Morgan fingerprint density at radius 2 is 2.04 bits per heavy atom. The standard InChI is InChI=1S/C16H19ClN4O3S2/c1-20(13-7-8-26(23,24)10-13)14(22)9-25-16-19-18-15(21(16)2)11-3-5-12(17)6-4-11/h3-6,13H,7-10H2,1-2H3/t13-/m0/s1. The maximum Gasteiger partial charge on any atom is 0.233 e. The van der Waals surface area contributed by atoms with Gasteiger partial charge < -0.3 is 9.47 Å². The van der Waals surface area contributed by atoms with Gasteiger partial charge in [-0.2, -0.15) is 0 Å². The van der Waals surface area contributed by atoms with E-state index in [-0.39, 0.29) is 29.2 Å². The average Bonchev–Trinajstić information content (AvgIpc) is 3.15. The number of hydrogen-bond acceptors (Lipinski definition) is 6. The molecule has 0 N–H and O–H groups in total. The maximum atomic E-state index is 12.4. The van der Waals surface area contributed by atoms with Gasteiger partial charge in [0.25, 0.3) is 0 Å². The molecule has 26 heavy (non-hydrogen) atoms. The van der Waals surface area contributed by atoms with Crippen molar-refractivity contribution in [1.82, 2.24) is 19.7 Å². The normalized spacial score (nSPS) is 18.8. The van der Waals surface area contributed by atoms with Gasteiger partial charge in [-0.3, -0.25) is 4.79 Å². The van der Waals surface area contributed by atoms with E-state index >= 15 is 0 Å². The Hall–Kier alpha value is -1.58. The van der Waals surface area contributed by atoms with Crippen LogP contribution < -0.4 is 0 Å². The van der Waals surface area contributed by atoms with E-state index in [1.54, 1.807) is 19.2 Å². The van der Waals surface area contributed by atoms with Gasteiger partial charge in [0.05, 0.1) is 17.3 Å². The van der Waals surface area contributed by atoms with Gasteiger partial charge in [-0.15, -0.1) is 10.2 Å². The number of thioether (sulfide) groups is 1. The molecule has 1 aliphatic heterocycles. The molecule has 140 valence electrons. The second-order valence-corrected chi connectivity index (χ2v) is 9.83. The average molecular weight is 415 g/mol. The fourth-order valence-electron chi connectivity index (χ4n) is 2.80. The van der Waals surface area contributed by atoms with Crippen LogP contribution in [0.3, 0.4) is 0 Å². The number of amides is 1. The van der Waals surface area contributed by atoms with E-state index in [1.165, 1.54) is 16.7 Å². The van der Waals surface area contributed by atoms with E-state index in [0.29, 0.717) is 22.4 Å². The molecule has 0 saturated carbocycles. The number of benzene rings is 1. The largest absolute Gasteiger partial charge is 0.341 e. The highest BCUT2D eigenvalue weighted by molar-refractivity contribution is 7.99. The summed E-state index contributed by atoms with van der Waals surface area (Å²) >= 11 is 7.19. The van der Waals surface area contributed by atoms with Gasteiger partial charge in [-0.05, 0) is 30.7 Å². The minimum atomic E-state index is -3.01. The molecule has 0 aliphatic carbocycles. The molecule has 1 fully saturated rings. The minimum Gasteiger partial charge on any atom is -0.341 e. The van der Waals surface area contributed by atoms with Crippen LogP contribution in [0.2, 0.25) is 5.02 Å². The van der Waals surface area contributed by atoms with Crippen molar-refractivity contribution in [2.45, 2.75) is 17.6 Å². The first-order valence-electron chi connectivity index (χ1n) is 8.01. The second kappa shape index (κ2) is 7.58. The molecular formula is C16H19ClN4O3S2. The highest BCUT2D eigenvalue weighted by Gasteiger charge is 2.32. The van der Waals surface area contributed by atoms with Crippen LogP contribution in [0, 0.1) is 0 Å². The summed E-state index contributed by atoms with van der Waals surface area (Å²) in [7, 11) is 0.479. The van der Waals surface area contributed by atoms with Gasteiger partial charge in [0.1, 0.15) is 0 Å². The summed E-state index contributed by atoms with van der Waals surface area (Å²) in [5.74, 6) is 0.945. The first-order chi connectivity index (χ1) is 12.3. The number of carbonyl (C=O) groups excluding carboxylic acids is 1. The Kier molecular flexibility index (Phi) is 5.59. The van der Waals surface area contributed by atoms with Gasteiger partial charge in [0.2, 0.25) is 5.91 Å². The summed E-state index contributed by atoms with van der Waals surface area (Å²) in [6.45, 7) is 0. The third kappa shape index (κ3) is 4.21. The molecular weight excluding hydrogens is 396 g/mol. The Balaban J connectivity index is 1.63. The lowest BCUT2D eigenvalue weighted by molar-refractivity contribution is -0.128. The van der Waals surface area contributed by atoms with Gasteiger partial charge in [-0.1, -0.05) is 23.4 Å². The van der Waals surface area contributed by atoms with Gasteiger partial charge in [0.15, 0.2) is 20.8 Å². The van der Waals surface area contributed by atoms with Crippen LogP contribution in [-0.2, 0) is 21.7 Å². The lowest BCUT2D eigenvalue weighted by atomic mass is 10.2. The predicted octanol–water partition coefficient (Wildman–Crippen LogP) is 1.87. The van der Waals surface area contributed by atoms with E-state index < -0.39 is 9.84 Å². The zero-order chi connectivity index (χ0) is 18.9. The smallest absolute Gasteiger partial charge is 0.233 e. The first kappa shape index (κ1) is 19.2. The van der Waals surface area contributed by atoms with E-state index in [4.69, 9.17) is 11.6 Å². The van der Waals surface area contributed by atoms with E-state index in [0.717, 1.165) is 5.56 Å². The summed E-state index contributed by atoms with van der Waals surface area (Å²) in [6, 6.07) is 7.05. The number of nitrogens with zero attached hydrogens (tertiary/aromatic N) is 4. The number of sulfone groups is 1. The highest BCUT2D eigenvalue weighted by Crippen LogP contribution is 2.24. The summed E-state index contributed by atoms with van der Waals surface area (Å²) in [5, 5.41) is 9.59. The van der Waals surface area contributed by atoms with E-state index in [1.807, 2.05) is 23.7 Å². The van der Waals surface area contributed by atoms with Crippen LogP contribution in [0.4, 0.5) is 0 Å². The van der Waals surface area contributed by atoms with Crippen molar-refractivity contribution in [2.75, 3.05) is 24.3 Å². The Morgan fingerprint density at radius 3 is 2.65 bits per heavy atom. The zero-order valence-electron chi connectivity index (χ0n) is 14.4. The van der Waals surface area contributed by atoms with Crippen molar-refractivity contribution in [3.8, 4) is 11.4 Å². The van der Waals surface area contributed by atoms with Crippen molar-refractivity contribution in [3.63, 3.8) is 0 Å². The highest BCUT2D eigenvalue weighted by atomic mass is 35.5. The lowest BCUT2D eigenvalue weighted by Gasteiger charge is -2.23. The fraction of sp³-hybridized carbons (Fsp3) is 0.438. The zero-order valence-corrected chi connectivity index (χ0v) is 16.8. The predicted molar refractivity (Wildman–Crippen MR) is 102 cm³/mol. The van der Waals surface area contributed by atoms with Crippen LogP contribution in [0.15, 0.2) is 29.4 Å². The Morgan fingerprint density at radius 1 is 1.35 bits per heavy atom. The van der Waals surface area contributed by atoms with Gasteiger partial charge in [-0.25, -0.2) is 8.42 Å². The quantitative estimate of drug-likeness (QED) is 0.694. The number of hydrogen-bond donors (Lipinski definition) is 0. The summed E-state index contributed by atoms with van der Waals surface area (Å²) in [5.41, 5.74) is 0.885. The number of halogens is 1. The van der Waals surface area contributed by atoms with Crippen molar-refractivity contribution in [3.05, 3.63) is 29.3 Å². The molecule has 1 saturated heterocycles. The molecule has 2 aromatic rings. The topological polar surface area (TPSA) is 85.2 Å². The van der Waals surface area contributed by atoms with Crippen molar-refractivity contribution >= 4 is 39.1 Å². The van der Waals surface area contributed by atoms with E-state index in [9.17, 15) is 13.2 Å². The number of carbonyl (C=O) groups is 1. The molecule has 2 heterocycles. The van der Waals surface area contributed by atoms with Crippen molar-refractivity contribution in [1.29, 1.82) is 0 Å². The second-order valence-electron chi connectivity index (χ2n) is 6.22. The van der Waals surface area contributed by atoms with Crippen molar-refractivity contribution < 1.29 is 13.2 Å². The monoisotopic (exact) mass is 414 g/mol. The number of rotatable bonds is 5. The SMILES string of the molecule is CN(C(=O)CSc1nnc(-c2ccc(Cl)cc2)n1C)[C@H]1CCS(=O)(=O)C1. The van der Waals surface area contributed by atoms with Crippen LogP contribution >= 0.6 is 23.4 Å². The molecule has 1 atom stereocenters. The molecule has 0 spiro atoms. The Labute approximate surface area is 161 Å². The number of aromatic nitrogens is 3. The van der Waals surface area contributed by atoms with Crippen molar-refractivity contribution in [2.24, 2.45) is 7.05 Å². The molecule has 1 aromatic heterocycles. The molecule has 0 unspecified atom stereocenters. The van der Waals surface area contributed by atoms with Crippen LogP contribution in [0.1, 0.15) is 6.42 Å². The first-order valence-corrected chi connectivity index (χ1v) is 11.2. The minimum absolute atomic E-state index is 0.0462. The summed E-state index contributed by atoms with van der Waals surface area (Å²) in [4.78, 5) is 13.9. The molecule has 1 aliphatic rings. The molecule has 1 aromatic carbocycles. The lowest BCUT2D eigenvalue weighted by Crippen LogP contribution is -2.38. The molecule has 3 rings (SSSR count).